The Labute approximate surface area is 140 Å². The first-order chi connectivity index (χ1) is 9.83. The minimum Gasteiger partial charge on any atom is -0.486 e. The summed E-state index contributed by atoms with van der Waals surface area (Å²) >= 11 is 15.4. The van der Waals surface area contributed by atoms with Crippen LogP contribution in [0.25, 0.3) is 0 Å². The molecule has 114 valence electrons. The van der Waals surface area contributed by atoms with Gasteiger partial charge in [-0.3, -0.25) is 4.79 Å². The highest BCUT2D eigenvalue weighted by atomic mass is 79.9. The molecule has 0 saturated heterocycles. The average Bonchev–Trinajstić information content (AvgIpc) is 2.96. The molecule has 0 unspecified atom stereocenters. The van der Waals surface area contributed by atoms with E-state index in [1.54, 1.807) is 13.0 Å². The number of ether oxygens (including phenoxy) is 3. The normalized spacial score (nSPS) is 25.3. The summed E-state index contributed by atoms with van der Waals surface area (Å²) in [4.78, 5) is 12.1. The van der Waals surface area contributed by atoms with Gasteiger partial charge in [-0.15, -0.1) is 23.2 Å². The molecule has 1 atom stereocenters. The van der Waals surface area contributed by atoms with Gasteiger partial charge in [0.25, 0.3) is 0 Å². The molecule has 7 heteroatoms. The first kappa shape index (κ1) is 15.3. The fourth-order valence-corrected chi connectivity index (χ4v) is 3.27. The van der Waals surface area contributed by atoms with Crippen LogP contribution in [-0.4, -0.2) is 23.5 Å². The number of benzene rings is 1. The van der Waals surface area contributed by atoms with Crippen molar-refractivity contribution in [1.29, 1.82) is 0 Å². The topological polar surface area (TPSA) is 44.8 Å². The number of carbonyl (C=O) groups is 1. The van der Waals surface area contributed by atoms with Crippen molar-refractivity contribution < 1.29 is 19.0 Å². The fourth-order valence-electron chi connectivity index (χ4n) is 2.14. The molecule has 0 aromatic heterocycles. The molecule has 0 spiro atoms. The van der Waals surface area contributed by atoms with E-state index in [4.69, 9.17) is 37.4 Å². The van der Waals surface area contributed by atoms with Gasteiger partial charge < -0.3 is 14.2 Å². The molecule has 2 aliphatic rings. The highest BCUT2D eigenvalue weighted by molar-refractivity contribution is 9.10. The van der Waals surface area contributed by atoms with Gasteiger partial charge in [0.1, 0.15) is 29.6 Å². The molecule has 1 saturated carbocycles. The van der Waals surface area contributed by atoms with Crippen LogP contribution in [0.5, 0.6) is 11.5 Å². The molecular formula is C14H13BrCl2O4. The fraction of sp³-hybridized carbons (Fsp3) is 0.500. The Morgan fingerprint density at radius 1 is 1.33 bits per heavy atom. The lowest BCUT2D eigenvalue weighted by molar-refractivity contribution is -0.151. The first-order valence-corrected chi connectivity index (χ1v) is 8.01. The summed E-state index contributed by atoms with van der Waals surface area (Å²) in [6.45, 7) is 2.86. The van der Waals surface area contributed by atoms with Crippen molar-refractivity contribution in [2.24, 2.45) is 5.41 Å². The van der Waals surface area contributed by atoms with Crippen LogP contribution in [0.1, 0.15) is 18.9 Å². The third-order valence-corrected chi connectivity index (χ3v) is 5.62. The van der Waals surface area contributed by atoms with E-state index in [0.29, 0.717) is 31.1 Å². The monoisotopic (exact) mass is 394 g/mol. The number of halogens is 3. The summed E-state index contributed by atoms with van der Waals surface area (Å²) in [5, 5.41) is 0. The van der Waals surface area contributed by atoms with E-state index < -0.39 is 15.7 Å². The van der Waals surface area contributed by atoms with E-state index in [1.807, 2.05) is 6.07 Å². The molecule has 4 nitrogen and oxygen atoms in total. The van der Waals surface area contributed by atoms with Crippen LogP contribution in [0.15, 0.2) is 16.6 Å². The number of fused-ring (bicyclic) bond motifs is 1. The van der Waals surface area contributed by atoms with Crippen LogP contribution in [0.3, 0.4) is 0 Å². The molecule has 21 heavy (non-hydrogen) atoms. The average molecular weight is 396 g/mol. The standard InChI is InChI=1S/C14H13BrCl2O4/c1-13(7-14(13,16)17)12(18)21-6-8-4-10-11(5-9(8)15)20-3-2-19-10/h4-5H,2-3,6-7H2,1H3/t13-/m0/s1. The van der Waals surface area contributed by atoms with Gasteiger partial charge in [-0.25, -0.2) is 0 Å². The Morgan fingerprint density at radius 3 is 2.48 bits per heavy atom. The van der Waals surface area contributed by atoms with Gasteiger partial charge in [0.2, 0.25) is 0 Å². The van der Waals surface area contributed by atoms with E-state index >= 15 is 0 Å². The SMILES string of the molecule is C[C@@]1(C(=O)OCc2cc3c(cc2Br)OCCO3)CC1(Cl)Cl. The Morgan fingerprint density at radius 2 is 1.90 bits per heavy atom. The summed E-state index contributed by atoms with van der Waals surface area (Å²) in [5.41, 5.74) is -0.0252. The van der Waals surface area contributed by atoms with Crippen molar-refractivity contribution in [2.75, 3.05) is 13.2 Å². The maximum atomic E-state index is 12.1. The quantitative estimate of drug-likeness (QED) is 0.576. The van der Waals surface area contributed by atoms with Gasteiger partial charge in [0, 0.05) is 16.5 Å². The van der Waals surface area contributed by atoms with Crippen LogP contribution in [0.4, 0.5) is 0 Å². The number of carbonyl (C=O) groups excluding carboxylic acids is 1. The van der Waals surface area contributed by atoms with Crippen molar-refractivity contribution in [2.45, 2.75) is 24.3 Å². The van der Waals surface area contributed by atoms with E-state index in [-0.39, 0.29) is 6.61 Å². The zero-order valence-corrected chi connectivity index (χ0v) is 14.3. The van der Waals surface area contributed by atoms with Crippen molar-refractivity contribution >= 4 is 45.1 Å². The lowest BCUT2D eigenvalue weighted by atomic mass is 10.1. The zero-order chi connectivity index (χ0) is 15.3. The predicted octanol–water partition coefficient (Wildman–Crippen LogP) is 3.85. The third-order valence-electron chi connectivity index (χ3n) is 3.78. The van der Waals surface area contributed by atoms with Crippen molar-refractivity contribution in [3.63, 3.8) is 0 Å². The summed E-state index contributed by atoms with van der Waals surface area (Å²) in [6.07, 6.45) is 0.407. The van der Waals surface area contributed by atoms with Gasteiger partial charge >= 0.3 is 5.97 Å². The van der Waals surface area contributed by atoms with Crippen LogP contribution < -0.4 is 9.47 Å². The highest BCUT2D eigenvalue weighted by Crippen LogP contribution is 2.64. The Bertz CT molecular complexity index is 605. The largest absolute Gasteiger partial charge is 0.486 e. The molecule has 1 heterocycles. The lowest BCUT2D eigenvalue weighted by Crippen LogP contribution is -2.21. The minimum atomic E-state index is -1.02. The molecule has 1 aliphatic heterocycles. The Kier molecular flexibility index (Phi) is 3.79. The smallest absolute Gasteiger partial charge is 0.315 e. The maximum Gasteiger partial charge on any atom is 0.315 e. The summed E-state index contributed by atoms with van der Waals surface area (Å²) < 4.78 is 16.1. The molecule has 1 aromatic rings. The van der Waals surface area contributed by atoms with Crippen LogP contribution in [-0.2, 0) is 16.1 Å². The minimum absolute atomic E-state index is 0.121. The second-order valence-corrected chi connectivity index (χ2v) is 7.71. The van der Waals surface area contributed by atoms with Gasteiger partial charge in [-0.1, -0.05) is 15.9 Å². The number of alkyl halides is 2. The Hall–Kier alpha value is -0.650. The molecule has 0 radical (unpaired) electrons. The van der Waals surface area contributed by atoms with Crippen molar-refractivity contribution in [3.05, 3.63) is 22.2 Å². The number of esters is 1. The van der Waals surface area contributed by atoms with E-state index in [9.17, 15) is 4.79 Å². The van der Waals surface area contributed by atoms with Crippen molar-refractivity contribution in [3.8, 4) is 11.5 Å². The molecular weight excluding hydrogens is 383 g/mol. The third kappa shape index (κ3) is 2.71. The molecule has 1 aliphatic carbocycles. The molecule has 0 bridgehead atoms. The molecule has 1 aromatic carbocycles. The molecule has 3 rings (SSSR count). The predicted molar refractivity (Wildman–Crippen MR) is 82.1 cm³/mol. The van der Waals surface area contributed by atoms with Gasteiger partial charge in [-0.2, -0.15) is 0 Å². The maximum absolute atomic E-state index is 12.1. The highest BCUT2D eigenvalue weighted by Gasteiger charge is 2.69. The van der Waals surface area contributed by atoms with Gasteiger partial charge in [0.15, 0.2) is 11.5 Å². The van der Waals surface area contributed by atoms with Crippen LogP contribution in [0.2, 0.25) is 0 Å². The van der Waals surface area contributed by atoms with E-state index in [1.165, 1.54) is 0 Å². The molecule has 0 amide bonds. The first-order valence-electron chi connectivity index (χ1n) is 6.46. The molecule has 0 N–H and O–H groups in total. The van der Waals surface area contributed by atoms with E-state index in [2.05, 4.69) is 15.9 Å². The number of hydrogen-bond acceptors (Lipinski definition) is 4. The Balaban J connectivity index is 1.70. The van der Waals surface area contributed by atoms with Crippen LogP contribution >= 0.6 is 39.1 Å². The summed E-state index contributed by atoms with van der Waals surface area (Å²) in [6, 6.07) is 3.61. The summed E-state index contributed by atoms with van der Waals surface area (Å²) in [5.74, 6) is 0.935. The van der Waals surface area contributed by atoms with Crippen LogP contribution in [0, 0.1) is 5.41 Å². The van der Waals surface area contributed by atoms with E-state index in [0.717, 1.165) is 10.0 Å². The summed E-state index contributed by atoms with van der Waals surface area (Å²) in [7, 11) is 0. The lowest BCUT2D eigenvalue weighted by Gasteiger charge is -2.20. The van der Waals surface area contributed by atoms with Crippen molar-refractivity contribution in [1.82, 2.24) is 0 Å². The number of hydrogen-bond donors (Lipinski definition) is 0. The number of rotatable bonds is 3. The van der Waals surface area contributed by atoms with Gasteiger partial charge in [-0.05, 0) is 19.1 Å². The van der Waals surface area contributed by atoms with Gasteiger partial charge in [0.05, 0.1) is 0 Å². The molecule has 1 fully saturated rings. The second-order valence-electron chi connectivity index (χ2n) is 5.38. The second kappa shape index (κ2) is 5.21. The zero-order valence-electron chi connectivity index (χ0n) is 11.3.